The third-order valence-corrected chi connectivity index (χ3v) is 5.63. The van der Waals surface area contributed by atoms with Gasteiger partial charge in [0.05, 0.1) is 35.2 Å². The number of nitrogens with zero attached hydrogens (tertiary/aromatic N) is 4. The molecule has 0 unspecified atom stereocenters. The third kappa shape index (κ3) is 2.59. The standard InChI is InChI=1S/C19H15FN4S/c20-15-7-5-13(6-8-15)10-24-17-12-23(11-14(17)9-21-24)19-22-16-3-1-2-4-18(16)25-19/h1-9H,10-12H2. The van der Waals surface area contributed by atoms with Gasteiger partial charge < -0.3 is 4.90 Å². The maximum atomic E-state index is 13.1. The number of benzene rings is 2. The molecule has 0 radical (unpaired) electrons. The third-order valence-electron chi connectivity index (χ3n) is 4.54. The Labute approximate surface area is 148 Å². The quantitative estimate of drug-likeness (QED) is 0.555. The molecule has 5 rings (SSSR count). The molecular formula is C19H15FN4S. The molecule has 1 aliphatic rings. The second-order valence-electron chi connectivity index (χ2n) is 6.22. The molecule has 0 fully saturated rings. The van der Waals surface area contributed by atoms with Crippen molar-refractivity contribution < 1.29 is 4.39 Å². The molecule has 0 spiro atoms. The van der Waals surface area contributed by atoms with E-state index in [-0.39, 0.29) is 5.82 Å². The predicted molar refractivity (Wildman–Crippen MR) is 97.2 cm³/mol. The Morgan fingerprint density at radius 3 is 2.72 bits per heavy atom. The summed E-state index contributed by atoms with van der Waals surface area (Å²) in [5.74, 6) is -0.212. The molecule has 0 amide bonds. The van der Waals surface area contributed by atoms with Crippen LogP contribution in [0.5, 0.6) is 0 Å². The highest BCUT2D eigenvalue weighted by Crippen LogP contribution is 2.34. The number of anilines is 1. The van der Waals surface area contributed by atoms with Gasteiger partial charge in [-0.25, -0.2) is 9.37 Å². The lowest BCUT2D eigenvalue weighted by atomic mass is 10.2. The highest BCUT2D eigenvalue weighted by Gasteiger charge is 2.25. The summed E-state index contributed by atoms with van der Waals surface area (Å²) in [6.45, 7) is 2.29. The van der Waals surface area contributed by atoms with E-state index >= 15 is 0 Å². The predicted octanol–water partition coefficient (Wildman–Crippen LogP) is 4.20. The van der Waals surface area contributed by atoms with Gasteiger partial charge in [-0.1, -0.05) is 35.6 Å². The van der Waals surface area contributed by atoms with Gasteiger partial charge in [-0.05, 0) is 29.8 Å². The molecular weight excluding hydrogens is 335 g/mol. The van der Waals surface area contributed by atoms with Crippen LogP contribution in [0.2, 0.25) is 0 Å². The van der Waals surface area contributed by atoms with Crippen molar-refractivity contribution in [3.8, 4) is 0 Å². The maximum Gasteiger partial charge on any atom is 0.187 e. The summed E-state index contributed by atoms with van der Waals surface area (Å²) in [5.41, 5.74) is 4.54. The molecule has 25 heavy (non-hydrogen) atoms. The molecule has 4 aromatic rings. The van der Waals surface area contributed by atoms with Crippen LogP contribution in [0.3, 0.4) is 0 Å². The Kier molecular flexibility index (Phi) is 3.31. The number of hydrogen-bond acceptors (Lipinski definition) is 4. The highest BCUT2D eigenvalue weighted by atomic mass is 32.1. The topological polar surface area (TPSA) is 34.0 Å². The Morgan fingerprint density at radius 2 is 1.88 bits per heavy atom. The lowest BCUT2D eigenvalue weighted by Gasteiger charge is -2.14. The Balaban J connectivity index is 1.40. The zero-order chi connectivity index (χ0) is 16.8. The summed E-state index contributed by atoms with van der Waals surface area (Å²) >= 11 is 1.72. The van der Waals surface area contributed by atoms with Crippen molar-refractivity contribution in [2.45, 2.75) is 19.6 Å². The smallest absolute Gasteiger partial charge is 0.187 e. The maximum absolute atomic E-state index is 13.1. The number of hydrogen-bond donors (Lipinski definition) is 0. The molecule has 0 aliphatic carbocycles. The Morgan fingerprint density at radius 1 is 1.04 bits per heavy atom. The molecule has 2 aromatic heterocycles. The van der Waals surface area contributed by atoms with Crippen LogP contribution in [0, 0.1) is 5.82 Å². The van der Waals surface area contributed by atoms with E-state index in [1.165, 1.54) is 28.1 Å². The fraction of sp³-hybridized carbons (Fsp3) is 0.158. The fourth-order valence-electron chi connectivity index (χ4n) is 3.24. The monoisotopic (exact) mass is 350 g/mol. The van der Waals surface area contributed by atoms with Crippen molar-refractivity contribution in [2.24, 2.45) is 0 Å². The first-order valence-corrected chi connectivity index (χ1v) is 8.96. The molecule has 2 aromatic carbocycles. The summed E-state index contributed by atoms with van der Waals surface area (Å²) in [5, 5.41) is 5.55. The number of halogens is 1. The van der Waals surface area contributed by atoms with Crippen LogP contribution in [-0.2, 0) is 19.6 Å². The lowest BCUT2D eigenvalue weighted by molar-refractivity contribution is 0.620. The van der Waals surface area contributed by atoms with E-state index in [1.807, 2.05) is 35.1 Å². The average molecular weight is 350 g/mol. The van der Waals surface area contributed by atoms with Gasteiger partial charge in [0.1, 0.15) is 5.82 Å². The Hall–Kier alpha value is -2.73. The molecule has 6 heteroatoms. The van der Waals surface area contributed by atoms with E-state index in [4.69, 9.17) is 4.98 Å². The van der Waals surface area contributed by atoms with Gasteiger partial charge in [-0.3, -0.25) is 4.68 Å². The molecule has 4 nitrogen and oxygen atoms in total. The van der Waals surface area contributed by atoms with E-state index in [2.05, 4.69) is 22.1 Å². The van der Waals surface area contributed by atoms with Crippen LogP contribution in [0.1, 0.15) is 16.8 Å². The first-order valence-electron chi connectivity index (χ1n) is 8.15. The van der Waals surface area contributed by atoms with Gasteiger partial charge >= 0.3 is 0 Å². The minimum Gasteiger partial charge on any atom is -0.338 e. The van der Waals surface area contributed by atoms with Crippen molar-refractivity contribution in [1.82, 2.24) is 14.8 Å². The average Bonchev–Trinajstić information content (AvgIpc) is 3.31. The van der Waals surface area contributed by atoms with Crippen LogP contribution in [0.4, 0.5) is 9.52 Å². The molecule has 0 N–H and O–H groups in total. The van der Waals surface area contributed by atoms with Gasteiger partial charge in [0.15, 0.2) is 5.13 Å². The van der Waals surface area contributed by atoms with Crippen LogP contribution >= 0.6 is 11.3 Å². The number of thiazole rings is 1. The second-order valence-corrected chi connectivity index (χ2v) is 7.23. The van der Waals surface area contributed by atoms with Crippen molar-refractivity contribution in [3.63, 3.8) is 0 Å². The summed E-state index contributed by atoms with van der Waals surface area (Å²) in [7, 11) is 0. The summed E-state index contributed by atoms with van der Waals surface area (Å²) in [6.07, 6.45) is 1.94. The van der Waals surface area contributed by atoms with Crippen molar-refractivity contribution >= 4 is 26.7 Å². The first kappa shape index (κ1) is 14.6. The number of para-hydroxylation sites is 1. The molecule has 0 saturated heterocycles. The van der Waals surface area contributed by atoms with Crippen molar-refractivity contribution in [3.05, 3.63) is 77.4 Å². The van der Waals surface area contributed by atoms with Crippen LogP contribution in [0.25, 0.3) is 10.2 Å². The van der Waals surface area contributed by atoms with E-state index in [0.29, 0.717) is 6.54 Å². The van der Waals surface area contributed by atoms with E-state index < -0.39 is 0 Å². The molecule has 124 valence electrons. The minimum atomic E-state index is -0.212. The van der Waals surface area contributed by atoms with Crippen LogP contribution < -0.4 is 4.90 Å². The molecule has 0 saturated carbocycles. The number of rotatable bonds is 3. The fourth-order valence-corrected chi connectivity index (χ4v) is 4.20. The Bertz CT molecular complexity index is 1020. The minimum absolute atomic E-state index is 0.212. The SMILES string of the molecule is Fc1ccc(Cn2ncc3c2CN(c2nc4ccccc4s2)C3)cc1. The van der Waals surface area contributed by atoms with Gasteiger partial charge in [-0.15, -0.1) is 0 Å². The zero-order valence-electron chi connectivity index (χ0n) is 13.4. The highest BCUT2D eigenvalue weighted by molar-refractivity contribution is 7.22. The summed E-state index contributed by atoms with van der Waals surface area (Å²) in [4.78, 5) is 7.04. The second kappa shape index (κ2) is 5.67. The zero-order valence-corrected chi connectivity index (χ0v) is 14.2. The van der Waals surface area contributed by atoms with E-state index in [1.54, 1.807) is 11.3 Å². The van der Waals surface area contributed by atoms with Crippen LogP contribution in [0.15, 0.2) is 54.7 Å². The van der Waals surface area contributed by atoms with E-state index in [9.17, 15) is 4.39 Å². The molecule has 3 heterocycles. The number of fused-ring (bicyclic) bond motifs is 2. The molecule has 0 atom stereocenters. The van der Waals surface area contributed by atoms with Gasteiger partial charge in [0, 0.05) is 12.1 Å². The van der Waals surface area contributed by atoms with Crippen molar-refractivity contribution in [1.29, 1.82) is 0 Å². The molecule has 1 aliphatic heterocycles. The largest absolute Gasteiger partial charge is 0.338 e. The van der Waals surface area contributed by atoms with Gasteiger partial charge in [-0.2, -0.15) is 5.10 Å². The summed E-state index contributed by atoms with van der Waals surface area (Å²) in [6, 6.07) is 14.8. The molecule has 0 bridgehead atoms. The van der Waals surface area contributed by atoms with Gasteiger partial charge in [0.2, 0.25) is 0 Å². The van der Waals surface area contributed by atoms with Gasteiger partial charge in [0.25, 0.3) is 0 Å². The van der Waals surface area contributed by atoms with E-state index in [0.717, 1.165) is 29.3 Å². The van der Waals surface area contributed by atoms with Crippen molar-refractivity contribution in [2.75, 3.05) is 4.90 Å². The first-order chi connectivity index (χ1) is 12.3. The lowest BCUT2D eigenvalue weighted by Crippen LogP contribution is -2.16. The summed E-state index contributed by atoms with van der Waals surface area (Å²) < 4.78 is 16.3. The van der Waals surface area contributed by atoms with Crippen LogP contribution in [-0.4, -0.2) is 14.8 Å². The number of aromatic nitrogens is 3. The normalized spacial score (nSPS) is 13.6.